The number of fused-ring (bicyclic) bond motifs is 1. The minimum atomic E-state index is -0.0403. The highest BCUT2D eigenvalue weighted by Gasteiger charge is 2.21. The lowest BCUT2D eigenvalue weighted by Gasteiger charge is -2.32. The Balaban J connectivity index is 1.25. The normalized spacial score (nSPS) is 14.6. The number of nitrogens with one attached hydrogen (secondary N) is 1. The molecule has 36 heavy (non-hydrogen) atoms. The molecule has 1 aliphatic rings. The second-order valence-corrected chi connectivity index (χ2v) is 9.05. The summed E-state index contributed by atoms with van der Waals surface area (Å²) in [6, 6.07) is 20.3. The SMILES string of the molecule is COCCOCCOc1ccc2ccc(CN3CCC(NC(=O)c4cccc(OC)c4)CC3)cc2c1. The number of ether oxygens (including phenoxy) is 4. The molecule has 1 amide bonds. The van der Waals surface area contributed by atoms with Crippen molar-refractivity contribution >= 4 is 16.7 Å². The van der Waals surface area contributed by atoms with Gasteiger partial charge in [-0.1, -0.05) is 24.3 Å². The van der Waals surface area contributed by atoms with E-state index in [0.29, 0.717) is 37.7 Å². The molecule has 3 aromatic carbocycles. The lowest BCUT2D eigenvalue weighted by atomic mass is 10.0. The first-order chi connectivity index (χ1) is 17.6. The van der Waals surface area contributed by atoms with Crippen LogP contribution in [-0.2, 0) is 16.0 Å². The second kappa shape index (κ2) is 13.3. The number of amides is 1. The van der Waals surface area contributed by atoms with E-state index in [4.69, 9.17) is 18.9 Å². The Morgan fingerprint density at radius 3 is 2.50 bits per heavy atom. The van der Waals surface area contributed by atoms with Crippen molar-refractivity contribution in [2.24, 2.45) is 0 Å². The number of likely N-dealkylation sites (tertiary alicyclic amines) is 1. The summed E-state index contributed by atoms with van der Waals surface area (Å²) in [5, 5.41) is 5.55. The van der Waals surface area contributed by atoms with E-state index in [1.165, 1.54) is 16.3 Å². The molecule has 4 rings (SSSR count). The molecule has 7 nitrogen and oxygen atoms in total. The van der Waals surface area contributed by atoms with Gasteiger partial charge in [-0.3, -0.25) is 9.69 Å². The Kier molecular flexibility index (Phi) is 9.55. The first-order valence-electron chi connectivity index (χ1n) is 12.5. The highest BCUT2D eigenvalue weighted by molar-refractivity contribution is 5.94. The number of carbonyl (C=O) groups is 1. The molecule has 0 atom stereocenters. The van der Waals surface area contributed by atoms with Crippen LogP contribution < -0.4 is 14.8 Å². The average molecular weight is 493 g/mol. The van der Waals surface area contributed by atoms with Gasteiger partial charge in [0.05, 0.1) is 26.9 Å². The number of hydrogen-bond acceptors (Lipinski definition) is 6. The molecule has 7 heteroatoms. The van der Waals surface area contributed by atoms with E-state index in [2.05, 4.69) is 40.5 Å². The summed E-state index contributed by atoms with van der Waals surface area (Å²) in [6.07, 6.45) is 1.88. The molecule has 0 radical (unpaired) electrons. The van der Waals surface area contributed by atoms with E-state index in [0.717, 1.165) is 38.2 Å². The highest BCUT2D eigenvalue weighted by Crippen LogP contribution is 2.24. The molecular weight excluding hydrogens is 456 g/mol. The predicted octanol–water partition coefficient (Wildman–Crippen LogP) is 4.28. The largest absolute Gasteiger partial charge is 0.497 e. The highest BCUT2D eigenvalue weighted by atomic mass is 16.5. The Bertz CT molecular complexity index is 1130. The fourth-order valence-electron chi connectivity index (χ4n) is 4.45. The van der Waals surface area contributed by atoms with Gasteiger partial charge in [-0.2, -0.15) is 0 Å². The van der Waals surface area contributed by atoms with Crippen molar-refractivity contribution in [3.63, 3.8) is 0 Å². The van der Waals surface area contributed by atoms with E-state index in [1.807, 2.05) is 24.3 Å². The summed E-state index contributed by atoms with van der Waals surface area (Å²) in [6.45, 7) is 5.02. The number of nitrogens with zero attached hydrogens (tertiary/aromatic N) is 1. The summed E-state index contributed by atoms with van der Waals surface area (Å²) in [4.78, 5) is 15.1. The van der Waals surface area contributed by atoms with Gasteiger partial charge in [-0.25, -0.2) is 0 Å². The minimum Gasteiger partial charge on any atom is -0.497 e. The summed E-state index contributed by atoms with van der Waals surface area (Å²) >= 11 is 0. The van der Waals surface area contributed by atoms with Gasteiger partial charge in [0.15, 0.2) is 0 Å². The number of hydrogen-bond donors (Lipinski definition) is 1. The van der Waals surface area contributed by atoms with Crippen LogP contribution in [0.15, 0.2) is 60.7 Å². The lowest BCUT2D eigenvalue weighted by molar-refractivity contribution is 0.0544. The molecule has 1 saturated heterocycles. The number of piperidine rings is 1. The van der Waals surface area contributed by atoms with Gasteiger partial charge in [-0.05, 0) is 65.6 Å². The fraction of sp³-hybridized carbons (Fsp3) is 0.414. The second-order valence-electron chi connectivity index (χ2n) is 9.05. The summed E-state index contributed by atoms with van der Waals surface area (Å²) in [7, 11) is 3.27. The van der Waals surface area contributed by atoms with E-state index in [1.54, 1.807) is 20.3 Å². The van der Waals surface area contributed by atoms with Crippen LogP contribution in [0.3, 0.4) is 0 Å². The molecule has 1 heterocycles. The molecule has 0 bridgehead atoms. The maximum absolute atomic E-state index is 12.6. The van der Waals surface area contributed by atoms with E-state index in [-0.39, 0.29) is 11.9 Å². The molecule has 0 spiro atoms. The van der Waals surface area contributed by atoms with Crippen molar-refractivity contribution in [2.75, 3.05) is 53.7 Å². The van der Waals surface area contributed by atoms with Crippen molar-refractivity contribution in [3.05, 3.63) is 71.8 Å². The maximum atomic E-state index is 12.6. The fourth-order valence-corrected chi connectivity index (χ4v) is 4.45. The monoisotopic (exact) mass is 492 g/mol. The summed E-state index contributed by atoms with van der Waals surface area (Å²) in [5.41, 5.74) is 1.91. The van der Waals surface area contributed by atoms with Gasteiger partial charge in [-0.15, -0.1) is 0 Å². The van der Waals surface area contributed by atoms with Gasteiger partial charge in [0.1, 0.15) is 18.1 Å². The first-order valence-corrected chi connectivity index (χ1v) is 12.5. The number of carbonyl (C=O) groups excluding carboxylic acids is 1. The first kappa shape index (κ1) is 25.9. The third kappa shape index (κ3) is 7.43. The Labute approximate surface area is 213 Å². The molecule has 0 aliphatic carbocycles. The zero-order valence-electron chi connectivity index (χ0n) is 21.2. The van der Waals surface area contributed by atoms with Crippen LogP contribution in [0.1, 0.15) is 28.8 Å². The third-order valence-electron chi connectivity index (χ3n) is 6.47. The molecular formula is C29H36N2O5. The minimum absolute atomic E-state index is 0.0403. The van der Waals surface area contributed by atoms with Gasteiger partial charge in [0.25, 0.3) is 5.91 Å². The number of methoxy groups -OCH3 is 2. The standard InChI is InChI=1S/C29H36N2O5/c1-33-14-15-35-16-17-36-28-9-8-23-7-6-22(18-25(23)20-28)21-31-12-10-26(11-13-31)30-29(32)24-4-3-5-27(19-24)34-2/h3-9,18-20,26H,10-17,21H2,1-2H3,(H,30,32). The van der Waals surface area contributed by atoms with Gasteiger partial charge < -0.3 is 24.3 Å². The van der Waals surface area contributed by atoms with Gasteiger partial charge >= 0.3 is 0 Å². The number of benzene rings is 3. The van der Waals surface area contributed by atoms with Crippen LogP contribution in [0.4, 0.5) is 0 Å². The maximum Gasteiger partial charge on any atom is 0.251 e. The number of rotatable bonds is 12. The van der Waals surface area contributed by atoms with Crippen LogP contribution in [0.5, 0.6) is 11.5 Å². The average Bonchev–Trinajstić information content (AvgIpc) is 2.91. The third-order valence-corrected chi connectivity index (χ3v) is 6.47. The smallest absolute Gasteiger partial charge is 0.251 e. The van der Waals surface area contributed by atoms with E-state index >= 15 is 0 Å². The van der Waals surface area contributed by atoms with Crippen LogP contribution in [0.25, 0.3) is 10.8 Å². The van der Waals surface area contributed by atoms with Crippen molar-refractivity contribution in [1.29, 1.82) is 0 Å². The lowest BCUT2D eigenvalue weighted by Crippen LogP contribution is -2.44. The van der Waals surface area contributed by atoms with Crippen LogP contribution in [0.2, 0.25) is 0 Å². The molecule has 0 unspecified atom stereocenters. The van der Waals surface area contributed by atoms with E-state index in [9.17, 15) is 4.79 Å². The zero-order valence-corrected chi connectivity index (χ0v) is 21.2. The van der Waals surface area contributed by atoms with Crippen molar-refractivity contribution in [2.45, 2.75) is 25.4 Å². The van der Waals surface area contributed by atoms with Crippen molar-refractivity contribution in [1.82, 2.24) is 10.2 Å². The predicted molar refractivity (Wildman–Crippen MR) is 141 cm³/mol. The molecule has 0 saturated carbocycles. The molecule has 3 aromatic rings. The molecule has 192 valence electrons. The summed E-state index contributed by atoms with van der Waals surface area (Å²) < 4.78 is 21.5. The van der Waals surface area contributed by atoms with Gasteiger partial charge in [0.2, 0.25) is 0 Å². The molecule has 1 N–H and O–H groups in total. The van der Waals surface area contributed by atoms with Crippen LogP contribution >= 0.6 is 0 Å². The van der Waals surface area contributed by atoms with Crippen molar-refractivity contribution in [3.8, 4) is 11.5 Å². The Hall–Kier alpha value is -3.13. The Morgan fingerprint density at radius 1 is 0.889 bits per heavy atom. The van der Waals surface area contributed by atoms with Crippen LogP contribution in [-0.4, -0.2) is 70.6 Å². The quantitative estimate of drug-likeness (QED) is 0.381. The zero-order chi connectivity index (χ0) is 25.2. The summed E-state index contributed by atoms with van der Waals surface area (Å²) in [5.74, 6) is 1.50. The molecule has 1 aliphatic heterocycles. The Morgan fingerprint density at radius 2 is 1.69 bits per heavy atom. The topological polar surface area (TPSA) is 69.3 Å². The molecule has 1 fully saturated rings. The van der Waals surface area contributed by atoms with Crippen molar-refractivity contribution < 1.29 is 23.7 Å². The molecule has 0 aromatic heterocycles. The van der Waals surface area contributed by atoms with E-state index < -0.39 is 0 Å². The van der Waals surface area contributed by atoms with Gasteiger partial charge in [0, 0.05) is 38.3 Å². The van der Waals surface area contributed by atoms with Crippen LogP contribution in [0, 0.1) is 0 Å².